The van der Waals surface area contributed by atoms with Crippen molar-refractivity contribution in [3.8, 4) is 6.07 Å². The van der Waals surface area contributed by atoms with E-state index in [0.29, 0.717) is 13.1 Å². The standard InChI is InChI=1S/C14H18N4O4S/c15-7-4-8-16-13-6-5-12(11-14(13)18(19)20)23(21,22)17-9-2-1-3-10-17/h5-6,11,16H,1-4,8-10H2. The van der Waals surface area contributed by atoms with Gasteiger partial charge in [-0.3, -0.25) is 10.1 Å². The molecule has 1 saturated heterocycles. The second kappa shape index (κ2) is 7.39. The SMILES string of the molecule is N#CCCNc1ccc(S(=O)(=O)N2CCCCC2)cc1[N+](=O)[O-]. The predicted molar refractivity (Wildman–Crippen MR) is 84.4 cm³/mol. The Morgan fingerprint density at radius 1 is 1.30 bits per heavy atom. The lowest BCUT2D eigenvalue weighted by Crippen LogP contribution is -2.35. The molecule has 0 atom stereocenters. The average Bonchev–Trinajstić information content (AvgIpc) is 2.56. The number of nitriles is 1. The molecule has 9 heteroatoms. The summed E-state index contributed by atoms with van der Waals surface area (Å²) in [5.41, 5.74) is -0.0936. The second-order valence-electron chi connectivity index (χ2n) is 5.24. The molecule has 0 radical (unpaired) electrons. The van der Waals surface area contributed by atoms with Crippen LogP contribution in [0.25, 0.3) is 0 Å². The van der Waals surface area contributed by atoms with E-state index < -0.39 is 14.9 Å². The van der Waals surface area contributed by atoms with Crippen molar-refractivity contribution in [3.05, 3.63) is 28.3 Å². The lowest BCUT2D eigenvalue weighted by Gasteiger charge is -2.25. The molecule has 1 aromatic rings. The number of hydrogen-bond donors (Lipinski definition) is 1. The number of rotatable bonds is 6. The van der Waals surface area contributed by atoms with Gasteiger partial charge in [0.2, 0.25) is 10.0 Å². The Balaban J connectivity index is 2.31. The first-order valence-corrected chi connectivity index (χ1v) is 8.80. The van der Waals surface area contributed by atoms with Crippen molar-refractivity contribution in [2.75, 3.05) is 25.0 Å². The van der Waals surface area contributed by atoms with Crippen LogP contribution >= 0.6 is 0 Å². The highest BCUT2D eigenvalue weighted by atomic mass is 32.2. The van der Waals surface area contributed by atoms with Crippen LogP contribution in [-0.4, -0.2) is 37.3 Å². The van der Waals surface area contributed by atoms with Gasteiger partial charge in [-0.15, -0.1) is 0 Å². The van der Waals surface area contributed by atoms with Gasteiger partial charge in [0.05, 0.1) is 22.3 Å². The number of piperidine rings is 1. The number of benzene rings is 1. The highest BCUT2D eigenvalue weighted by Crippen LogP contribution is 2.29. The molecule has 8 nitrogen and oxygen atoms in total. The summed E-state index contributed by atoms with van der Waals surface area (Å²) in [5, 5.41) is 22.5. The van der Waals surface area contributed by atoms with Crippen molar-refractivity contribution in [2.45, 2.75) is 30.6 Å². The third-order valence-electron chi connectivity index (χ3n) is 3.67. The Kier molecular flexibility index (Phi) is 5.52. The first kappa shape index (κ1) is 17.2. The van der Waals surface area contributed by atoms with Crippen LogP contribution in [0, 0.1) is 21.4 Å². The molecular weight excluding hydrogens is 320 g/mol. The van der Waals surface area contributed by atoms with Crippen LogP contribution in [0.15, 0.2) is 23.1 Å². The van der Waals surface area contributed by atoms with Gasteiger partial charge in [-0.1, -0.05) is 6.42 Å². The molecule has 1 aliphatic rings. The molecule has 23 heavy (non-hydrogen) atoms. The minimum absolute atomic E-state index is 0.0723. The van der Waals surface area contributed by atoms with Crippen molar-refractivity contribution in [3.63, 3.8) is 0 Å². The number of nitro benzene ring substituents is 1. The van der Waals surface area contributed by atoms with Crippen molar-refractivity contribution < 1.29 is 13.3 Å². The molecule has 1 fully saturated rings. The van der Waals surface area contributed by atoms with E-state index in [0.717, 1.165) is 25.3 Å². The highest BCUT2D eigenvalue weighted by Gasteiger charge is 2.28. The van der Waals surface area contributed by atoms with E-state index in [1.807, 2.05) is 6.07 Å². The van der Waals surface area contributed by atoms with Crippen LogP contribution in [-0.2, 0) is 10.0 Å². The summed E-state index contributed by atoms with van der Waals surface area (Å²) in [6, 6.07) is 5.76. The summed E-state index contributed by atoms with van der Waals surface area (Å²) in [5.74, 6) is 0. The molecule has 1 N–H and O–H groups in total. The molecule has 0 aromatic heterocycles. The van der Waals surface area contributed by atoms with Crippen molar-refractivity contribution in [1.82, 2.24) is 4.31 Å². The third-order valence-corrected chi connectivity index (χ3v) is 5.57. The molecule has 0 unspecified atom stereocenters. The fourth-order valence-corrected chi connectivity index (χ4v) is 4.02. The molecule has 0 spiro atoms. The molecule has 0 bridgehead atoms. The fourth-order valence-electron chi connectivity index (χ4n) is 2.48. The van der Waals surface area contributed by atoms with Crippen LogP contribution in [0.2, 0.25) is 0 Å². The highest BCUT2D eigenvalue weighted by molar-refractivity contribution is 7.89. The van der Waals surface area contributed by atoms with Gasteiger partial charge < -0.3 is 5.32 Å². The molecule has 0 aliphatic carbocycles. The molecule has 0 amide bonds. The van der Waals surface area contributed by atoms with E-state index in [2.05, 4.69) is 5.32 Å². The summed E-state index contributed by atoms with van der Waals surface area (Å²) in [6.45, 7) is 1.15. The second-order valence-corrected chi connectivity index (χ2v) is 7.17. The average molecular weight is 338 g/mol. The Bertz CT molecular complexity index is 721. The minimum Gasteiger partial charge on any atom is -0.378 e. The van der Waals surface area contributed by atoms with Crippen LogP contribution in [0.1, 0.15) is 25.7 Å². The van der Waals surface area contributed by atoms with Crippen LogP contribution < -0.4 is 5.32 Å². The van der Waals surface area contributed by atoms with Crippen LogP contribution in [0.3, 0.4) is 0 Å². The Labute approximate surface area is 134 Å². The lowest BCUT2D eigenvalue weighted by molar-refractivity contribution is -0.384. The topological polar surface area (TPSA) is 116 Å². The molecular formula is C14H18N4O4S. The quantitative estimate of drug-likeness (QED) is 0.482. The summed E-state index contributed by atoms with van der Waals surface area (Å²) in [7, 11) is -3.71. The third kappa shape index (κ3) is 3.97. The van der Waals surface area contributed by atoms with Gasteiger partial charge in [-0.2, -0.15) is 9.57 Å². The van der Waals surface area contributed by atoms with E-state index in [9.17, 15) is 18.5 Å². The normalized spacial score (nSPS) is 15.8. The van der Waals surface area contributed by atoms with Gasteiger partial charge in [0, 0.05) is 25.7 Å². The number of sulfonamides is 1. The number of nitrogens with one attached hydrogen (secondary N) is 1. The number of nitro groups is 1. The van der Waals surface area contributed by atoms with E-state index in [1.165, 1.54) is 16.4 Å². The van der Waals surface area contributed by atoms with E-state index >= 15 is 0 Å². The first-order valence-electron chi connectivity index (χ1n) is 7.36. The van der Waals surface area contributed by atoms with E-state index in [1.54, 1.807) is 0 Å². The number of anilines is 1. The van der Waals surface area contributed by atoms with Crippen LogP contribution in [0.5, 0.6) is 0 Å². The zero-order valence-corrected chi connectivity index (χ0v) is 13.4. The Morgan fingerprint density at radius 3 is 2.61 bits per heavy atom. The summed E-state index contributed by atoms with van der Waals surface area (Å²) < 4.78 is 26.5. The van der Waals surface area contributed by atoms with E-state index in [4.69, 9.17) is 5.26 Å². The van der Waals surface area contributed by atoms with Gasteiger partial charge in [0.1, 0.15) is 5.69 Å². The first-order chi connectivity index (χ1) is 11.0. The molecule has 0 saturated carbocycles. The van der Waals surface area contributed by atoms with Crippen LogP contribution in [0.4, 0.5) is 11.4 Å². The summed E-state index contributed by atoms with van der Waals surface area (Å²) >= 11 is 0. The molecule has 2 rings (SSSR count). The predicted octanol–water partition coefficient (Wildman–Crippen LogP) is 2.09. The van der Waals surface area contributed by atoms with Gasteiger partial charge in [0.15, 0.2) is 0 Å². The summed E-state index contributed by atoms with van der Waals surface area (Å²) in [4.78, 5) is 10.5. The fraction of sp³-hybridized carbons (Fsp3) is 0.500. The van der Waals surface area contributed by atoms with Gasteiger partial charge in [0.25, 0.3) is 5.69 Å². The zero-order valence-electron chi connectivity index (χ0n) is 12.6. The van der Waals surface area contributed by atoms with Gasteiger partial charge in [-0.25, -0.2) is 8.42 Å². The van der Waals surface area contributed by atoms with Crippen molar-refractivity contribution >= 4 is 21.4 Å². The van der Waals surface area contributed by atoms with Gasteiger partial charge >= 0.3 is 0 Å². The van der Waals surface area contributed by atoms with Crippen molar-refractivity contribution in [2.24, 2.45) is 0 Å². The maximum atomic E-state index is 12.6. The largest absolute Gasteiger partial charge is 0.378 e. The molecule has 1 heterocycles. The van der Waals surface area contributed by atoms with Gasteiger partial charge in [-0.05, 0) is 25.0 Å². The van der Waals surface area contributed by atoms with Crippen molar-refractivity contribution in [1.29, 1.82) is 5.26 Å². The smallest absolute Gasteiger partial charge is 0.293 e. The lowest BCUT2D eigenvalue weighted by atomic mass is 10.2. The Morgan fingerprint density at radius 2 is 2.00 bits per heavy atom. The Hall–Kier alpha value is -2.18. The maximum absolute atomic E-state index is 12.6. The zero-order chi connectivity index (χ0) is 16.9. The number of hydrogen-bond acceptors (Lipinski definition) is 6. The number of nitrogens with zero attached hydrogens (tertiary/aromatic N) is 3. The minimum atomic E-state index is -3.71. The molecule has 1 aliphatic heterocycles. The molecule has 1 aromatic carbocycles. The molecule has 124 valence electrons. The maximum Gasteiger partial charge on any atom is 0.293 e. The monoisotopic (exact) mass is 338 g/mol. The van der Waals surface area contributed by atoms with E-state index in [-0.39, 0.29) is 29.2 Å². The summed E-state index contributed by atoms with van der Waals surface area (Å²) in [6.07, 6.45) is 2.79.